The zero-order valence-electron chi connectivity index (χ0n) is 15.8. The van der Waals surface area contributed by atoms with Crippen molar-refractivity contribution in [2.75, 3.05) is 26.4 Å². The van der Waals surface area contributed by atoms with Crippen LogP contribution in [0, 0.1) is 5.92 Å². The van der Waals surface area contributed by atoms with E-state index in [9.17, 15) is 4.79 Å². The van der Waals surface area contributed by atoms with Crippen molar-refractivity contribution in [2.24, 2.45) is 5.92 Å². The summed E-state index contributed by atoms with van der Waals surface area (Å²) in [4.78, 5) is 16.8. The molecule has 1 amide bonds. The molecule has 1 aromatic carbocycles. The van der Waals surface area contributed by atoms with E-state index in [2.05, 4.69) is 10.3 Å². The molecule has 0 radical (unpaired) electrons. The first kappa shape index (κ1) is 19.2. The van der Waals surface area contributed by atoms with Crippen LogP contribution in [0.2, 0.25) is 0 Å². The fourth-order valence-corrected chi connectivity index (χ4v) is 3.23. The summed E-state index contributed by atoms with van der Waals surface area (Å²) in [5.41, 5.74) is 1.75. The number of hydrogen-bond acceptors (Lipinski definition) is 5. The van der Waals surface area contributed by atoms with Gasteiger partial charge in [-0.25, -0.2) is 0 Å². The van der Waals surface area contributed by atoms with Crippen LogP contribution < -0.4 is 14.8 Å². The number of ether oxygens (including phenoxy) is 3. The Kier molecular flexibility index (Phi) is 6.65. The van der Waals surface area contributed by atoms with Gasteiger partial charge in [0.15, 0.2) is 11.5 Å². The largest absolute Gasteiger partial charge is 0.490 e. The Morgan fingerprint density at radius 2 is 1.85 bits per heavy atom. The number of benzene rings is 1. The summed E-state index contributed by atoms with van der Waals surface area (Å²) in [6.45, 7) is 6.04. The van der Waals surface area contributed by atoms with Gasteiger partial charge < -0.3 is 19.5 Å². The van der Waals surface area contributed by atoms with E-state index in [0.29, 0.717) is 43.5 Å². The van der Waals surface area contributed by atoms with Crippen molar-refractivity contribution >= 4 is 5.91 Å². The van der Waals surface area contributed by atoms with Gasteiger partial charge in [-0.1, -0.05) is 0 Å². The van der Waals surface area contributed by atoms with Gasteiger partial charge >= 0.3 is 0 Å². The third-order valence-electron chi connectivity index (χ3n) is 4.57. The van der Waals surface area contributed by atoms with Crippen molar-refractivity contribution in [3.63, 3.8) is 0 Å². The number of carbonyl (C=O) groups excluding carboxylic acids is 1. The molecule has 6 nitrogen and oxygen atoms in total. The second-order valence-corrected chi connectivity index (χ2v) is 6.46. The van der Waals surface area contributed by atoms with Gasteiger partial charge in [0.05, 0.1) is 32.5 Å². The number of carbonyl (C=O) groups is 1. The molecule has 1 aliphatic rings. The summed E-state index contributed by atoms with van der Waals surface area (Å²) in [7, 11) is 0. The van der Waals surface area contributed by atoms with Crippen LogP contribution in [0.5, 0.6) is 11.5 Å². The average Bonchev–Trinajstić information content (AvgIpc) is 3.11. The molecule has 0 aliphatic carbocycles. The average molecular weight is 370 g/mol. The first-order valence-corrected chi connectivity index (χ1v) is 9.38. The summed E-state index contributed by atoms with van der Waals surface area (Å²) in [6.07, 6.45) is 4.42. The Morgan fingerprint density at radius 3 is 2.59 bits per heavy atom. The fourth-order valence-electron chi connectivity index (χ4n) is 3.23. The van der Waals surface area contributed by atoms with E-state index >= 15 is 0 Å². The number of amides is 1. The van der Waals surface area contributed by atoms with Crippen LogP contribution in [0.1, 0.15) is 29.8 Å². The zero-order valence-corrected chi connectivity index (χ0v) is 15.8. The highest BCUT2D eigenvalue weighted by atomic mass is 16.5. The lowest BCUT2D eigenvalue weighted by atomic mass is 9.95. The highest BCUT2D eigenvalue weighted by molar-refractivity contribution is 5.95. The number of rotatable bonds is 8. The van der Waals surface area contributed by atoms with Gasteiger partial charge in [-0.05, 0) is 56.2 Å². The highest BCUT2D eigenvalue weighted by Crippen LogP contribution is 2.29. The normalized spacial score (nSPS) is 18.9. The molecule has 27 heavy (non-hydrogen) atoms. The van der Waals surface area contributed by atoms with Crippen LogP contribution in [0.25, 0.3) is 0 Å². The maximum atomic E-state index is 12.8. The number of nitrogens with zero attached hydrogens (tertiary/aromatic N) is 1. The molecule has 2 heterocycles. The summed E-state index contributed by atoms with van der Waals surface area (Å²) in [6, 6.07) is 9.25. The van der Waals surface area contributed by atoms with Crippen LogP contribution in [-0.4, -0.2) is 43.4 Å². The molecule has 0 unspecified atom stereocenters. The standard InChI is InChI=1S/C21H26N2O4/c1-3-26-19-6-5-16(12-20(19)27-4-2)21(24)23-18-14-25-13-17(18)11-15-7-9-22-10-8-15/h5-10,12,17-18H,3-4,11,13-14H2,1-2H3,(H,23,24)/t17-,18+/m1/s1. The SMILES string of the molecule is CCOc1ccc(C(=O)N[C@H]2COC[C@H]2Cc2ccncc2)cc1OCC. The van der Waals surface area contributed by atoms with Crippen molar-refractivity contribution in [2.45, 2.75) is 26.3 Å². The lowest BCUT2D eigenvalue weighted by Crippen LogP contribution is -2.40. The predicted molar refractivity (Wildman–Crippen MR) is 102 cm³/mol. The topological polar surface area (TPSA) is 69.7 Å². The first-order valence-electron chi connectivity index (χ1n) is 9.38. The monoisotopic (exact) mass is 370 g/mol. The predicted octanol–water partition coefficient (Wildman–Crippen LogP) is 2.87. The smallest absolute Gasteiger partial charge is 0.251 e. The Labute approximate surface area is 159 Å². The van der Waals surface area contributed by atoms with E-state index in [-0.39, 0.29) is 17.9 Å². The van der Waals surface area contributed by atoms with Gasteiger partial charge in [-0.3, -0.25) is 9.78 Å². The van der Waals surface area contributed by atoms with Crippen LogP contribution >= 0.6 is 0 Å². The minimum atomic E-state index is -0.130. The highest BCUT2D eigenvalue weighted by Gasteiger charge is 2.30. The minimum Gasteiger partial charge on any atom is -0.490 e. The molecule has 1 fully saturated rings. The van der Waals surface area contributed by atoms with Crippen molar-refractivity contribution in [3.8, 4) is 11.5 Å². The van der Waals surface area contributed by atoms with Gasteiger partial charge in [0.25, 0.3) is 5.91 Å². The molecule has 0 saturated carbocycles. The van der Waals surface area contributed by atoms with Gasteiger partial charge in [0.2, 0.25) is 0 Å². The molecule has 6 heteroatoms. The van der Waals surface area contributed by atoms with E-state index in [0.717, 1.165) is 6.42 Å². The van der Waals surface area contributed by atoms with Gasteiger partial charge in [0.1, 0.15) is 0 Å². The maximum absolute atomic E-state index is 12.8. The van der Waals surface area contributed by atoms with Crippen molar-refractivity contribution in [1.29, 1.82) is 0 Å². The fraction of sp³-hybridized carbons (Fsp3) is 0.429. The Hall–Kier alpha value is -2.60. The molecule has 0 spiro atoms. The molecule has 2 atom stereocenters. The van der Waals surface area contributed by atoms with Crippen molar-refractivity contribution in [3.05, 3.63) is 53.9 Å². The van der Waals surface area contributed by atoms with Crippen LogP contribution in [0.15, 0.2) is 42.7 Å². The second kappa shape index (κ2) is 9.37. The lowest BCUT2D eigenvalue weighted by Gasteiger charge is -2.19. The lowest BCUT2D eigenvalue weighted by molar-refractivity contribution is 0.0924. The Bertz CT molecular complexity index is 751. The molecule has 1 saturated heterocycles. The molecule has 1 aliphatic heterocycles. The van der Waals surface area contributed by atoms with Crippen LogP contribution in [0.3, 0.4) is 0 Å². The number of aromatic nitrogens is 1. The summed E-state index contributed by atoms with van der Waals surface area (Å²) >= 11 is 0. The van der Waals surface area contributed by atoms with E-state index in [1.165, 1.54) is 5.56 Å². The van der Waals surface area contributed by atoms with Gasteiger partial charge in [-0.15, -0.1) is 0 Å². The maximum Gasteiger partial charge on any atom is 0.251 e. The Balaban J connectivity index is 1.67. The van der Waals surface area contributed by atoms with E-state index in [1.807, 2.05) is 26.0 Å². The number of hydrogen-bond donors (Lipinski definition) is 1. The van der Waals surface area contributed by atoms with Crippen LogP contribution in [0.4, 0.5) is 0 Å². The zero-order chi connectivity index (χ0) is 19.1. The molecule has 144 valence electrons. The molecule has 2 aromatic rings. The third-order valence-corrected chi connectivity index (χ3v) is 4.57. The molecular weight excluding hydrogens is 344 g/mol. The quantitative estimate of drug-likeness (QED) is 0.774. The van der Waals surface area contributed by atoms with Crippen molar-refractivity contribution in [1.82, 2.24) is 10.3 Å². The first-order chi connectivity index (χ1) is 13.2. The summed E-state index contributed by atoms with van der Waals surface area (Å²) in [5, 5.41) is 3.11. The third kappa shape index (κ3) is 4.98. The van der Waals surface area contributed by atoms with Crippen LogP contribution in [-0.2, 0) is 11.2 Å². The van der Waals surface area contributed by atoms with E-state index < -0.39 is 0 Å². The minimum absolute atomic E-state index is 0.0206. The molecule has 1 aromatic heterocycles. The summed E-state index contributed by atoms with van der Waals surface area (Å²) in [5.74, 6) is 1.35. The molecular formula is C21H26N2O4. The Morgan fingerprint density at radius 1 is 1.11 bits per heavy atom. The molecule has 3 rings (SSSR count). The van der Waals surface area contributed by atoms with Crippen molar-refractivity contribution < 1.29 is 19.0 Å². The van der Waals surface area contributed by atoms with E-state index in [4.69, 9.17) is 14.2 Å². The van der Waals surface area contributed by atoms with Gasteiger partial charge in [0, 0.05) is 23.9 Å². The van der Waals surface area contributed by atoms with E-state index in [1.54, 1.807) is 30.6 Å². The summed E-state index contributed by atoms with van der Waals surface area (Å²) < 4.78 is 16.8. The second-order valence-electron chi connectivity index (χ2n) is 6.46. The molecule has 1 N–H and O–H groups in total. The number of pyridine rings is 1. The number of nitrogens with one attached hydrogen (secondary N) is 1. The van der Waals surface area contributed by atoms with Gasteiger partial charge in [-0.2, -0.15) is 0 Å². The molecule has 0 bridgehead atoms.